The third kappa shape index (κ3) is 1.94. The molecule has 0 aliphatic rings. The summed E-state index contributed by atoms with van der Waals surface area (Å²) < 4.78 is 2.26. The van der Waals surface area contributed by atoms with Gasteiger partial charge in [-0.15, -0.1) is 0 Å². The van der Waals surface area contributed by atoms with Crippen LogP contribution < -0.4 is 4.57 Å². The molecule has 2 aromatic heterocycles. The van der Waals surface area contributed by atoms with Gasteiger partial charge in [0.15, 0.2) is 12.7 Å². The molecule has 0 fully saturated rings. The van der Waals surface area contributed by atoms with Crippen molar-refractivity contribution < 1.29 is 4.57 Å². The van der Waals surface area contributed by atoms with E-state index in [1.807, 2.05) is 6.20 Å². The Bertz CT molecular complexity index is 635. The van der Waals surface area contributed by atoms with Crippen molar-refractivity contribution >= 4 is 11.0 Å². The molecule has 17 heavy (non-hydrogen) atoms. The van der Waals surface area contributed by atoms with E-state index in [-0.39, 0.29) is 0 Å². The van der Waals surface area contributed by atoms with Crippen molar-refractivity contribution in [2.24, 2.45) is 0 Å². The molecule has 0 unspecified atom stereocenters. The summed E-state index contributed by atoms with van der Waals surface area (Å²) in [7, 11) is 0. The van der Waals surface area contributed by atoms with E-state index in [0.717, 1.165) is 6.54 Å². The maximum Gasteiger partial charge on any atom is 0.230 e. The zero-order valence-electron chi connectivity index (χ0n) is 9.85. The normalized spacial score (nSPS) is 10.9. The third-order valence-corrected chi connectivity index (χ3v) is 3.07. The largest absolute Gasteiger partial charge is 0.356 e. The number of aryl methyl sites for hydroxylation is 1. The zero-order valence-corrected chi connectivity index (χ0v) is 9.85. The summed E-state index contributed by atoms with van der Waals surface area (Å²) >= 11 is 0. The molecule has 0 amide bonds. The molecule has 3 rings (SSSR count). The minimum Gasteiger partial charge on any atom is -0.356 e. The lowest BCUT2D eigenvalue weighted by atomic mass is 10.1. The van der Waals surface area contributed by atoms with Crippen LogP contribution >= 0.6 is 0 Å². The Balaban J connectivity index is 1.99. The summed E-state index contributed by atoms with van der Waals surface area (Å²) in [5, 5.41) is 0. The van der Waals surface area contributed by atoms with Crippen molar-refractivity contribution in [3.8, 4) is 0 Å². The Morgan fingerprint density at radius 1 is 1.06 bits per heavy atom. The number of rotatable bonds is 2. The van der Waals surface area contributed by atoms with Gasteiger partial charge in [0, 0.05) is 23.9 Å². The number of aromatic amines is 1. The summed E-state index contributed by atoms with van der Waals surface area (Å²) in [6.07, 6.45) is 4.10. The molecular weight excluding hydrogens is 208 g/mol. The number of benzene rings is 1. The Labute approximate surface area is 101 Å². The molecule has 1 aromatic carbocycles. The van der Waals surface area contributed by atoms with Gasteiger partial charge >= 0.3 is 0 Å². The molecule has 0 spiro atoms. The van der Waals surface area contributed by atoms with E-state index in [0.29, 0.717) is 0 Å². The highest BCUT2D eigenvalue weighted by atomic mass is 15.0. The highest BCUT2D eigenvalue weighted by Crippen LogP contribution is 2.08. The number of nitrogens with zero attached hydrogens (tertiary/aromatic N) is 1. The Morgan fingerprint density at radius 2 is 1.88 bits per heavy atom. The van der Waals surface area contributed by atoms with E-state index in [1.54, 1.807) is 0 Å². The van der Waals surface area contributed by atoms with Crippen molar-refractivity contribution in [2.75, 3.05) is 0 Å². The molecule has 2 nitrogen and oxygen atoms in total. The first-order chi connectivity index (χ1) is 8.33. The summed E-state index contributed by atoms with van der Waals surface area (Å²) in [5.74, 6) is 0. The molecule has 0 saturated carbocycles. The molecule has 2 heteroatoms. The van der Waals surface area contributed by atoms with Crippen LogP contribution in [0.1, 0.15) is 11.1 Å². The number of hydrogen-bond acceptors (Lipinski definition) is 0. The smallest absolute Gasteiger partial charge is 0.230 e. The molecule has 84 valence electrons. The van der Waals surface area contributed by atoms with E-state index in [2.05, 4.69) is 65.1 Å². The number of fused-ring (bicyclic) bond motifs is 1. The average molecular weight is 223 g/mol. The lowest BCUT2D eigenvalue weighted by Gasteiger charge is -1.99. The maximum absolute atomic E-state index is 3.23. The predicted molar refractivity (Wildman–Crippen MR) is 68.8 cm³/mol. The van der Waals surface area contributed by atoms with Gasteiger partial charge in [-0.2, -0.15) is 4.57 Å². The fraction of sp³-hybridized carbons (Fsp3) is 0.133. The Morgan fingerprint density at radius 3 is 2.71 bits per heavy atom. The first-order valence-electron chi connectivity index (χ1n) is 5.84. The van der Waals surface area contributed by atoms with Crippen LogP contribution in [0.5, 0.6) is 0 Å². The van der Waals surface area contributed by atoms with Crippen molar-refractivity contribution in [1.82, 2.24) is 4.98 Å². The van der Waals surface area contributed by atoms with Gasteiger partial charge < -0.3 is 4.98 Å². The van der Waals surface area contributed by atoms with Gasteiger partial charge in [-0.05, 0) is 13.0 Å². The standard InChI is InChI=1S/C15H14N2/c1-12-4-6-13(7-5-12)11-17-10-2-3-14-15(17)8-9-16-14/h2-10H,11H2,1H3/p+1. The molecule has 0 saturated heterocycles. The van der Waals surface area contributed by atoms with Crippen LogP contribution in [0, 0.1) is 6.92 Å². The third-order valence-electron chi connectivity index (χ3n) is 3.07. The van der Waals surface area contributed by atoms with Crippen molar-refractivity contribution in [1.29, 1.82) is 0 Å². The number of H-pyrrole nitrogens is 1. The topological polar surface area (TPSA) is 19.7 Å². The van der Waals surface area contributed by atoms with E-state index >= 15 is 0 Å². The van der Waals surface area contributed by atoms with Crippen LogP contribution in [0.2, 0.25) is 0 Å². The Hall–Kier alpha value is -2.09. The predicted octanol–water partition coefficient (Wildman–Crippen LogP) is 2.81. The molecular formula is C15H15N2+. The van der Waals surface area contributed by atoms with Crippen LogP contribution in [-0.2, 0) is 6.54 Å². The zero-order chi connectivity index (χ0) is 11.7. The quantitative estimate of drug-likeness (QED) is 0.645. The summed E-state index contributed by atoms with van der Waals surface area (Å²) in [6.45, 7) is 3.03. The summed E-state index contributed by atoms with van der Waals surface area (Å²) in [4.78, 5) is 3.23. The lowest BCUT2D eigenvalue weighted by molar-refractivity contribution is -0.662. The molecule has 0 aliphatic heterocycles. The second kappa shape index (κ2) is 4.06. The van der Waals surface area contributed by atoms with Gasteiger partial charge in [-0.25, -0.2) is 0 Å². The van der Waals surface area contributed by atoms with Crippen LogP contribution in [0.25, 0.3) is 11.0 Å². The van der Waals surface area contributed by atoms with Crippen molar-refractivity contribution in [3.63, 3.8) is 0 Å². The van der Waals surface area contributed by atoms with Gasteiger partial charge in [0.05, 0.1) is 0 Å². The number of hydrogen-bond donors (Lipinski definition) is 1. The number of pyridine rings is 1. The summed E-state index contributed by atoms with van der Waals surface area (Å²) in [5.41, 5.74) is 5.06. The van der Waals surface area contributed by atoms with E-state index in [9.17, 15) is 0 Å². The molecule has 0 bridgehead atoms. The van der Waals surface area contributed by atoms with Gasteiger partial charge in [0.25, 0.3) is 0 Å². The lowest BCUT2D eigenvalue weighted by Crippen LogP contribution is -2.34. The number of aromatic nitrogens is 2. The van der Waals surface area contributed by atoms with Crippen LogP contribution in [-0.4, -0.2) is 4.98 Å². The van der Waals surface area contributed by atoms with Crippen molar-refractivity contribution in [2.45, 2.75) is 13.5 Å². The van der Waals surface area contributed by atoms with Crippen LogP contribution in [0.3, 0.4) is 0 Å². The van der Waals surface area contributed by atoms with E-state index in [1.165, 1.54) is 22.2 Å². The van der Waals surface area contributed by atoms with Crippen molar-refractivity contribution in [3.05, 3.63) is 66.0 Å². The molecule has 0 atom stereocenters. The monoisotopic (exact) mass is 223 g/mol. The molecule has 0 radical (unpaired) electrons. The van der Waals surface area contributed by atoms with Gasteiger partial charge in [0.2, 0.25) is 5.52 Å². The van der Waals surface area contributed by atoms with Gasteiger partial charge in [-0.1, -0.05) is 29.8 Å². The average Bonchev–Trinajstić information content (AvgIpc) is 2.81. The minimum atomic E-state index is 0.912. The van der Waals surface area contributed by atoms with E-state index < -0.39 is 0 Å². The second-order valence-electron chi connectivity index (χ2n) is 4.40. The second-order valence-corrected chi connectivity index (χ2v) is 4.40. The summed E-state index contributed by atoms with van der Waals surface area (Å²) in [6, 6.07) is 15.0. The molecule has 2 heterocycles. The first kappa shape index (κ1) is 10.1. The molecule has 3 aromatic rings. The highest BCUT2D eigenvalue weighted by Gasteiger charge is 2.09. The van der Waals surface area contributed by atoms with Crippen LogP contribution in [0.4, 0.5) is 0 Å². The molecule has 0 aliphatic carbocycles. The van der Waals surface area contributed by atoms with Gasteiger partial charge in [0.1, 0.15) is 5.52 Å². The first-order valence-corrected chi connectivity index (χ1v) is 5.84. The molecule has 1 N–H and O–H groups in total. The van der Waals surface area contributed by atoms with E-state index in [4.69, 9.17) is 0 Å². The minimum absolute atomic E-state index is 0.912. The highest BCUT2D eigenvalue weighted by molar-refractivity contribution is 5.70. The van der Waals surface area contributed by atoms with Gasteiger partial charge in [-0.3, -0.25) is 0 Å². The fourth-order valence-electron chi connectivity index (χ4n) is 2.11. The maximum atomic E-state index is 3.23. The number of nitrogens with one attached hydrogen (secondary N) is 1. The van der Waals surface area contributed by atoms with Crippen LogP contribution in [0.15, 0.2) is 54.9 Å². The fourth-order valence-corrected chi connectivity index (χ4v) is 2.11. The Kier molecular flexibility index (Phi) is 2.41. The SMILES string of the molecule is Cc1ccc(C[n+]2cccc3[nH]ccc32)cc1.